The Morgan fingerprint density at radius 3 is 2.56 bits per heavy atom. The Kier molecular flexibility index (Phi) is 4.42. The number of amides is 2. The van der Waals surface area contributed by atoms with E-state index in [0.29, 0.717) is 12.0 Å². The standard InChI is InChI=1S/C22H19N3O2/c1-14-13-20(26)24-25-21(14)16-9-11-17(12-10-16)22(27)23-19-8-4-6-15-5-2-3-7-18(15)19/h2-12,14H,13H2,1H3,(H,23,27)(H,24,26). The Balaban J connectivity index is 1.55. The van der Waals surface area contributed by atoms with Crippen LogP contribution in [0.25, 0.3) is 10.8 Å². The molecule has 0 spiro atoms. The molecule has 1 heterocycles. The molecule has 1 aliphatic heterocycles. The van der Waals surface area contributed by atoms with Crippen LogP contribution in [0.4, 0.5) is 5.69 Å². The van der Waals surface area contributed by atoms with E-state index in [4.69, 9.17) is 0 Å². The van der Waals surface area contributed by atoms with Gasteiger partial charge in [0.15, 0.2) is 0 Å². The van der Waals surface area contributed by atoms with Crippen LogP contribution in [0.3, 0.4) is 0 Å². The molecule has 0 bridgehead atoms. The SMILES string of the molecule is CC1CC(=O)NN=C1c1ccc(C(=O)Nc2cccc3ccccc23)cc1. The molecule has 0 aromatic heterocycles. The van der Waals surface area contributed by atoms with Gasteiger partial charge in [0.1, 0.15) is 0 Å². The number of nitrogens with one attached hydrogen (secondary N) is 2. The summed E-state index contributed by atoms with van der Waals surface area (Å²) in [7, 11) is 0. The van der Waals surface area contributed by atoms with Crippen molar-refractivity contribution >= 4 is 34.0 Å². The summed E-state index contributed by atoms with van der Waals surface area (Å²) in [5, 5.41) is 9.23. The fourth-order valence-electron chi connectivity index (χ4n) is 3.32. The van der Waals surface area contributed by atoms with E-state index in [1.807, 2.05) is 61.5 Å². The summed E-state index contributed by atoms with van der Waals surface area (Å²) in [5.41, 5.74) is 5.61. The smallest absolute Gasteiger partial charge is 0.255 e. The summed E-state index contributed by atoms with van der Waals surface area (Å²) in [6, 6.07) is 21.1. The number of carbonyl (C=O) groups is 2. The van der Waals surface area contributed by atoms with Gasteiger partial charge >= 0.3 is 0 Å². The topological polar surface area (TPSA) is 70.6 Å². The van der Waals surface area contributed by atoms with E-state index in [1.165, 1.54) is 0 Å². The van der Waals surface area contributed by atoms with Crippen molar-refractivity contribution in [3.05, 3.63) is 77.9 Å². The lowest BCUT2D eigenvalue weighted by atomic mass is 9.93. The molecule has 0 fully saturated rings. The predicted molar refractivity (Wildman–Crippen MR) is 107 cm³/mol. The third-order valence-electron chi connectivity index (χ3n) is 4.74. The molecule has 3 aromatic carbocycles. The largest absolute Gasteiger partial charge is 0.321 e. The van der Waals surface area contributed by atoms with Crippen LogP contribution in [-0.2, 0) is 4.79 Å². The van der Waals surface area contributed by atoms with Crippen LogP contribution in [-0.4, -0.2) is 17.5 Å². The Bertz CT molecular complexity index is 1050. The summed E-state index contributed by atoms with van der Waals surface area (Å²) in [4.78, 5) is 24.0. The molecule has 1 atom stereocenters. The third kappa shape index (κ3) is 3.44. The van der Waals surface area contributed by atoms with Crippen molar-refractivity contribution in [1.29, 1.82) is 0 Å². The summed E-state index contributed by atoms with van der Waals surface area (Å²) in [6.45, 7) is 1.97. The molecule has 2 amide bonds. The Labute approximate surface area is 157 Å². The molecule has 2 N–H and O–H groups in total. The molecule has 3 aromatic rings. The fourth-order valence-corrected chi connectivity index (χ4v) is 3.32. The van der Waals surface area contributed by atoms with Gasteiger partial charge < -0.3 is 5.32 Å². The summed E-state index contributed by atoms with van der Waals surface area (Å²) in [6.07, 6.45) is 0.419. The quantitative estimate of drug-likeness (QED) is 0.745. The second-order valence-electron chi connectivity index (χ2n) is 6.70. The van der Waals surface area contributed by atoms with Crippen molar-refractivity contribution in [1.82, 2.24) is 5.43 Å². The maximum absolute atomic E-state index is 12.7. The minimum atomic E-state index is -0.162. The summed E-state index contributed by atoms with van der Waals surface area (Å²) < 4.78 is 0. The van der Waals surface area contributed by atoms with Crippen molar-refractivity contribution < 1.29 is 9.59 Å². The third-order valence-corrected chi connectivity index (χ3v) is 4.74. The van der Waals surface area contributed by atoms with Gasteiger partial charge in [-0.3, -0.25) is 9.59 Å². The molecule has 5 nitrogen and oxygen atoms in total. The number of fused-ring (bicyclic) bond motifs is 1. The molecule has 5 heteroatoms. The molecule has 1 aliphatic rings. The first kappa shape index (κ1) is 17.0. The van der Waals surface area contributed by atoms with Gasteiger partial charge in [-0.25, -0.2) is 5.43 Å². The van der Waals surface area contributed by atoms with Crippen LogP contribution >= 0.6 is 0 Å². The lowest BCUT2D eigenvalue weighted by molar-refractivity contribution is -0.121. The molecule has 0 radical (unpaired) electrons. The molecule has 27 heavy (non-hydrogen) atoms. The van der Waals surface area contributed by atoms with Crippen molar-refractivity contribution in [2.24, 2.45) is 11.0 Å². The second kappa shape index (κ2) is 7.03. The second-order valence-corrected chi connectivity index (χ2v) is 6.70. The minimum absolute atomic E-state index is 0.0501. The lowest BCUT2D eigenvalue weighted by Crippen LogP contribution is -2.31. The van der Waals surface area contributed by atoms with Crippen LogP contribution in [0.1, 0.15) is 29.3 Å². The van der Waals surface area contributed by atoms with Crippen molar-refractivity contribution in [2.45, 2.75) is 13.3 Å². The average Bonchev–Trinajstić information content (AvgIpc) is 2.68. The van der Waals surface area contributed by atoms with E-state index in [0.717, 1.165) is 27.7 Å². The Hall–Kier alpha value is -3.47. The molecule has 4 rings (SSSR count). The van der Waals surface area contributed by atoms with Crippen LogP contribution < -0.4 is 10.7 Å². The van der Waals surface area contributed by atoms with Gasteiger partial charge in [0, 0.05) is 29.0 Å². The maximum atomic E-state index is 12.7. The van der Waals surface area contributed by atoms with Gasteiger partial charge in [0.2, 0.25) is 5.91 Å². The van der Waals surface area contributed by atoms with Crippen LogP contribution in [0, 0.1) is 5.92 Å². The normalized spacial score (nSPS) is 16.6. The average molecular weight is 357 g/mol. The molecule has 0 saturated carbocycles. The van der Waals surface area contributed by atoms with Gasteiger partial charge in [0.05, 0.1) is 5.71 Å². The highest BCUT2D eigenvalue weighted by molar-refractivity contribution is 6.10. The summed E-state index contributed by atoms with van der Waals surface area (Å²) in [5.74, 6) is -0.184. The minimum Gasteiger partial charge on any atom is -0.321 e. The fraction of sp³-hybridized carbons (Fsp3) is 0.136. The van der Waals surface area contributed by atoms with Gasteiger partial charge in [-0.15, -0.1) is 0 Å². The highest BCUT2D eigenvalue weighted by Gasteiger charge is 2.21. The summed E-state index contributed by atoms with van der Waals surface area (Å²) >= 11 is 0. The number of rotatable bonds is 3. The van der Waals surface area contributed by atoms with E-state index < -0.39 is 0 Å². The number of anilines is 1. The first-order valence-corrected chi connectivity index (χ1v) is 8.88. The predicted octanol–water partition coefficient (Wildman–Crippen LogP) is 3.95. The van der Waals surface area contributed by atoms with E-state index in [2.05, 4.69) is 15.8 Å². The number of nitrogens with zero attached hydrogens (tertiary/aromatic N) is 1. The van der Waals surface area contributed by atoms with E-state index in [9.17, 15) is 9.59 Å². The van der Waals surface area contributed by atoms with Gasteiger partial charge in [0.25, 0.3) is 5.91 Å². The molecular weight excluding hydrogens is 338 g/mol. The van der Waals surface area contributed by atoms with Crippen molar-refractivity contribution in [2.75, 3.05) is 5.32 Å². The van der Waals surface area contributed by atoms with Gasteiger partial charge in [-0.2, -0.15) is 5.10 Å². The first-order valence-electron chi connectivity index (χ1n) is 8.88. The zero-order chi connectivity index (χ0) is 18.8. The number of benzene rings is 3. The Morgan fingerprint density at radius 2 is 1.78 bits per heavy atom. The van der Waals surface area contributed by atoms with Crippen LogP contribution in [0.5, 0.6) is 0 Å². The Morgan fingerprint density at radius 1 is 1.04 bits per heavy atom. The van der Waals surface area contributed by atoms with E-state index in [-0.39, 0.29) is 17.7 Å². The molecule has 0 aliphatic carbocycles. The number of hydrazone groups is 1. The van der Waals surface area contributed by atoms with Gasteiger partial charge in [-0.1, -0.05) is 55.5 Å². The monoisotopic (exact) mass is 357 g/mol. The zero-order valence-corrected chi connectivity index (χ0v) is 14.9. The number of hydrogen-bond acceptors (Lipinski definition) is 3. The number of carbonyl (C=O) groups excluding carboxylic acids is 2. The van der Waals surface area contributed by atoms with Gasteiger partial charge in [-0.05, 0) is 29.1 Å². The maximum Gasteiger partial charge on any atom is 0.255 e. The number of hydrogen-bond donors (Lipinski definition) is 2. The van der Waals surface area contributed by atoms with Crippen LogP contribution in [0.15, 0.2) is 71.8 Å². The molecule has 0 saturated heterocycles. The highest BCUT2D eigenvalue weighted by atomic mass is 16.2. The highest BCUT2D eigenvalue weighted by Crippen LogP contribution is 2.24. The lowest BCUT2D eigenvalue weighted by Gasteiger charge is -2.19. The van der Waals surface area contributed by atoms with E-state index in [1.54, 1.807) is 12.1 Å². The van der Waals surface area contributed by atoms with Crippen LogP contribution in [0.2, 0.25) is 0 Å². The zero-order valence-electron chi connectivity index (χ0n) is 14.9. The molecule has 134 valence electrons. The van der Waals surface area contributed by atoms with E-state index >= 15 is 0 Å². The molecular formula is C22H19N3O2. The van der Waals surface area contributed by atoms with Crippen molar-refractivity contribution in [3.63, 3.8) is 0 Å². The van der Waals surface area contributed by atoms with Crippen molar-refractivity contribution in [3.8, 4) is 0 Å². The molecule has 1 unspecified atom stereocenters. The first-order chi connectivity index (χ1) is 13.1.